The van der Waals surface area contributed by atoms with Crippen LogP contribution < -0.4 is 10.5 Å². The Morgan fingerprint density at radius 2 is 2.10 bits per heavy atom. The smallest absolute Gasteiger partial charge is 0.165 e. The first kappa shape index (κ1) is 14.1. The Balaban J connectivity index is 2.17. The minimum Gasteiger partial charge on any atom is -0.496 e. The van der Waals surface area contributed by atoms with E-state index in [9.17, 15) is 0 Å². The van der Waals surface area contributed by atoms with Crippen LogP contribution in [0.1, 0.15) is 24.5 Å². The highest BCUT2D eigenvalue weighted by Crippen LogP contribution is 2.43. The summed E-state index contributed by atoms with van der Waals surface area (Å²) in [5.74, 6) is 2.45. The van der Waals surface area contributed by atoms with Gasteiger partial charge in [-0.1, -0.05) is 15.9 Å². The lowest BCUT2D eigenvalue weighted by Gasteiger charge is -2.11. The van der Waals surface area contributed by atoms with E-state index < -0.39 is 0 Å². The number of ether oxygens (including phenoxy) is 1. The lowest BCUT2D eigenvalue weighted by molar-refractivity contribution is 0.416. The Hall–Kier alpha value is -0.890. The normalized spacial score (nSPS) is 14.3. The molecule has 6 heteroatoms. The summed E-state index contributed by atoms with van der Waals surface area (Å²) in [6, 6.07) is 5.78. The van der Waals surface area contributed by atoms with Gasteiger partial charge < -0.3 is 10.5 Å². The number of halogens is 2. The average molecular weight is 446 g/mol. The summed E-state index contributed by atoms with van der Waals surface area (Å²) in [6.45, 7) is 0. The molecular formula is C14H13BrIN3O. The number of rotatable bonds is 3. The molecule has 1 heterocycles. The van der Waals surface area contributed by atoms with E-state index in [1.165, 1.54) is 12.8 Å². The van der Waals surface area contributed by atoms with Gasteiger partial charge in [-0.3, -0.25) is 0 Å². The summed E-state index contributed by atoms with van der Waals surface area (Å²) in [5.41, 5.74) is 7.96. The van der Waals surface area contributed by atoms with E-state index in [4.69, 9.17) is 15.5 Å². The van der Waals surface area contributed by atoms with Crippen molar-refractivity contribution in [2.75, 3.05) is 12.8 Å². The number of hydrogen-bond donors (Lipinski definition) is 1. The van der Waals surface area contributed by atoms with E-state index in [-0.39, 0.29) is 0 Å². The molecule has 1 aromatic heterocycles. The van der Waals surface area contributed by atoms with Gasteiger partial charge in [-0.25, -0.2) is 9.97 Å². The van der Waals surface area contributed by atoms with E-state index in [0.717, 1.165) is 25.0 Å². The second-order valence-corrected chi connectivity index (χ2v) is 6.74. The van der Waals surface area contributed by atoms with Crippen LogP contribution in [0.2, 0.25) is 0 Å². The van der Waals surface area contributed by atoms with E-state index in [2.05, 4.69) is 43.5 Å². The summed E-state index contributed by atoms with van der Waals surface area (Å²) in [4.78, 5) is 9.14. The molecule has 1 aromatic carbocycles. The molecule has 1 aliphatic rings. The molecule has 0 amide bonds. The van der Waals surface area contributed by atoms with Gasteiger partial charge in [-0.2, -0.15) is 0 Å². The fourth-order valence-electron chi connectivity index (χ4n) is 2.09. The maximum Gasteiger partial charge on any atom is 0.165 e. The first-order chi connectivity index (χ1) is 9.60. The molecular weight excluding hydrogens is 433 g/mol. The molecule has 20 heavy (non-hydrogen) atoms. The van der Waals surface area contributed by atoms with Gasteiger partial charge in [0.2, 0.25) is 0 Å². The maximum atomic E-state index is 6.04. The first-order valence-corrected chi connectivity index (χ1v) is 8.14. The molecule has 0 atom stereocenters. The fourth-order valence-corrected chi connectivity index (χ4v) is 3.13. The molecule has 104 valence electrons. The molecule has 2 aromatic rings. The number of benzene rings is 1. The monoisotopic (exact) mass is 445 g/mol. The largest absolute Gasteiger partial charge is 0.496 e. The summed E-state index contributed by atoms with van der Waals surface area (Å²) in [6.07, 6.45) is 2.36. The number of anilines is 1. The van der Waals surface area contributed by atoms with Gasteiger partial charge in [0.25, 0.3) is 0 Å². The summed E-state index contributed by atoms with van der Waals surface area (Å²) >= 11 is 5.70. The standard InChI is InChI=1S/C14H13BrIN3O/c1-20-10-5-4-8(15)6-9(10)14-18-12(7-2-3-7)11(16)13(17)19-14/h4-7H,2-3H2,1H3,(H2,17,18,19). The van der Waals surface area contributed by atoms with Gasteiger partial charge in [0, 0.05) is 10.4 Å². The van der Waals surface area contributed by atoms with E-state index >= 15 is 0 Å². The van der Waals surface area contributed by atoms with Crippen LogP contribution in [-0.2, 0) is 0 Å². The third-order valence-corrected chi connectivity index (χ3v) is 4.87. The van der Waals surface area contributed by atoms with Crippen molar-refractivity contribution in [3.63, 3.8) is 0 Å². The second kappa shape index (κ2) is 5.48. The van der Waals surface area contributed by atoms with Crippen LogP contribution in [0.4, 0.5) is 5.82 Å². The fraction of sp³-hybridized carbons (Fsp3) is 0.286. The zero-order valence-corrected chi connectivity index (χ0v) is 14.6. The minimum atomic E-state index is 0.532. The molecule has 1 saturated carbocycles. The third-order valence-electron chi connectivity index (χ3n) is 3.27. The average Bonchev–Trinajstić information content (AvgIpc) is 3.26. The summed E-state index contributed by atoms with van der Waals surface area (Å²) < 4.78 is 7.33. The lowest BCUT2D eigenvalue weighted by Crippen LogP contribution is -2.05. The number of nitrogens with two attached hydrogens (primary N) is 1. The zero-order chi connectivity index (χ0) is 14.3. The molecule has 4 nitrogen and oxygen atoms in total. The molecule has 0 spiro atoms. The van der Waals surface area contributed by atoms with Crippen molar-refractivity contribution in [2.45, 2.75) is 18.8 Å². The highest BCUT2D eigenvalue weighted by Gasteiger charge is 2.29. The number of methoxy groups -OCH3 is 1. The van der Waals surface area contributed by atoms with Gasteiger partial charge in [0.15, 0.2) is 5.82 Å². The molecule has 0 unspecified atom stereocenters. The zero-order valence-electron chi connectivity index (χ0n) is 10.9. The van der Waals surface area contributed by atoms with Gasteiger partial charge in [0.1, 0.15) is 11.6 Å². The van der Waals surface area contributed by atoms with Crippen molar-refractivity contribution < 1.29 is 4.74 Å². The van der Waals surface area contributed by atoms with Crippen LogP contribution in [0, 0.1) is 3.57 Å². The molecule has 1 fully saturated rings. The van der Waals surface area contributed by atoms with Crippen molar-refractivity contribution >= 4 is 44.3 Å². The van der Waals surface area contributed by atoms with Crippen molar-refractivity contribution in [3.8, 4) is 17.1 Å². The van der Waals surface area contributed by atoms with Crippen LogP contribution >= 0.6 is 38.5 Å². The Kier molecular flexibility index (Phi) is 3.85. The molecule has 0 radical (unpaired) electrons. The quantitative estimate of drug-likeness (QED) is 0.726. The number of aromatic nitrogens is 2. The Morgan fingerprint density at radius 1 is 1.35 bits per heavy atom. The van der Waals surface area contributed by atoms with Crippen LogP contribution in [0.15, 0.2) is 22.7 Å². The van der Waals surface area contributed by atoms with Gasteiger partial charge in [-0.05, 0) is 53.6 Å². The summed E-state index contributed by atoms with van der Waals surface area (Å²) in [7, 11) is 1.64. The van der Waals surface area contributed by atoms with Crippen LogP contribution in [0.5, 0.6) is 5.75 Å². The third kappa shape index (κ3) is 2.63. The summed E-state index contributed by atoms with van der Waals surface area (Å²) in [5, 5.41) is 0. The Labute approximate surface area is 139 Å². The van der Waals surface area contributed by atoms with E-state index in [1.807, 2.05) is 18.2 Å². The molecule has 0 saturated heterocycles. The lowest BCUT2D eigenvalue weighted by atomic mass is 10.1. The highest BCUT2D eigenvalue weighted by atomic mass is 127. The SMILES string of the molecule is COc1ccc(Br)cc1-c1nc(N)c(I)c(C2CC2)n1. The van der Waals surface area contributed by atoms with Crippen LogP contribution in [-0.4, -0.2) is 17.1 Å². The Bertz CT molecular complexity index is 674. The van der Waals surface area contributed by atoms with Crippen LogP contribution in [0.25, 0.3) is 11.4 Å². The van der Waals surface area contributed by atoms with Crippen LogP contribution in [0.3, 0.4) is 0 Å². The predicted molar refractivity (Wildman–Crippen MR) is 90.8 cm³/mol. The van der Waals surface area contributed by atoms with Crippen molar-refractivity contribution in [3.05, 3.63) is 31.9 Å². The van der Waals surface area contributed by atoms with Crippen molar-refractivity contribution in [2.24, 2.45) is 0 Å². The molecule has 0 aliphatic heterocycles. The molecule has 1 aliphatic carbocycles. The predicted octanol–water partition coefficient (Wildman–Crippen LogP) is 3.98. The van der Waals surface area contributed by atoms with E-state index in [0.29, 0.717) is 17.6 Å². The molecule has 3 rings (SSSR count). The Morgan fingerprint density at radius 3 is 2.75 bits per heavy atom. The topological polar surface area (TPSA) is 61.0 Å². The van der Waals surface area contributed by atoms with E-state index in [1.54, 1.807) is 7.11 Å². The first-order valence-electron chi connectivity index (χ1n) is 6.27. The molecule has 0 bridgehead atoms. The number of nitrogens with zero attached hydrogens (tertiary/aromatic N) is 2. The highest BCUT2D eigenvalue weighted by molar-refractivity contribution is 14.1. The van der Waals surface area contributed by atoms with Crippen molar-refractivity contribution in [1.29, 1.82) is 0 Å². The maximum absolute atomic E-state index is 6.04. The number of hydrogen-bond acceptors (Lipinski definition) is 4. The van der Waals surface area contributed by atoms with Crippen molar-refractivity contribution in [1.82, 2.24) is 9.97 Å². The minimum absolute atomic E-state index is 0.532. The second-order valence-electron chi connectivity index (χ2n) is 4.75. The molecule has 2 N–H and O–H groups in total. The van der Waals surface area contributed by atoms with Gasteiger partial charge in [-0.15, -0.1) is 0 Å². The number of nitrogen functional groups attached to an aromatic ring is 1. The van der Waals surface area contributed by atoms with Gasteiger partial charge in [0.05, 0.1) is 21.9 Å². The van der Waals surface area contributed by atoms with Gasteiger partial charge >= 0.3 is 0 Å².